The molecule has 1 aliphatic rings. The van der Waals surface area contributed by atoms with E-state index in [2.05, 4.69) is 11.4 Å². The van der Waals surface area contributed by atoms with E-state index in [1.54, 1.807) is 0 Å². The van der Waals surface area contributed by atoms with E-state index in [0.717, 1.165) is 12.8 Å². The second kappa shape index (κ2) is 4.53. The van der Waals surface area contributed by atoms with Gasteiger partial charge in [0.05, 0.1) is 0 Å². The first-order valence-electron chi connectivity index (χ1n) is 5.42. The Kier molecular flexibility index (Phi) is 3.10. The molecule has 0 bridgehead atoms. The summed E-state index contributed by atoms with van der Waals surface area (Å²) in [5.74, 6) is 0.267. The van der Waals surface area contributed by atoms with Crippen LogP contribution in [0.2, 0.25) is 0 Å². The number of ether oxygens (including phenoxy) is 1. The number of primary amides is 1. The SMILES string of the molecule is CNC1CCc2cc(OCC(N)=O)ccc21. The summed E-state index contributed by atoms with van der Waals surface area (Å²) in [5, 5.41) is 3.27. The highest BCUT2D eigenvalue weighted by atomic mass is 16.5. The average Bonchev–Trinajstić information content (AvgIpc) is 2.68. The van der Waals surface area contributed by atoms with Gasteiger partial charge >= 0.3 is 0 Å². The summed E-state index contributed by atoms with van der Waals surface area (Å²) < 4.78 is 5.27. The van der Waals surface area contributed by atoms with Gasteiger partial charge in [-0.3, -0.25) is 4.79 Å². The van der Waals surface area contributed by atoms with Gasteiger partial charge in [-0.25, -0.2) is 0 Å². The van der Waals surface area contributed by atoms with Crippen LogP contribution in [-0.4, -0.2) is 19.6 Å². The third-order valence-electron chi connectivity index (χ3n) is 2.92. The maximum absolute atomic E-state index is 10.6. The summed E-state index contributed by atoms with van der Waals surface area (Å²) in [4.78, 5) is 10.6. The number of carbonyl (C=O) groups is 1. The quantitative estimate of drug-likeness (QED) is 0.787. The molecule has 2 rings (SSSR count). The lowest BCUT2D eigenvalue weighted by Crippen LogP contribution is -2.20. The van der Waals surface area contributed by atoms with Gasteiger partial charge < -0.3 is 15.8 Å². The van der Waals surface area contributed by atoms with Crippen molar-refractivity contribution < 1.29 is 9.53 Å². The molecule has 1 aromatic carbocycles. The fourth-order valence-electron chi connectivity index (χ4n) is 2.14. The molecule has 0 saturated carbocycles. The van der Waals surface area contributed by atoms with Gasteiger partial charge in [0.1, 0.15) is 5.75 Å². The largest absolute Gasteiger partial charge is 0.484 e. The highest BCUT2D eigenvalue weighted by molar-refractivity contribution is 5.75. The van der Waals surface area contributed by atoms with E-state index in [-0.39, 0.29) is 6.61 Å². The fourth-order valence-corrected chi connectivity index (χ4v) is 2.14. The number of fused-ring (bicyclic) bond motifs is 1. The van der Waals surface area contributed by atoms with Crippen molar-refractivity contribution in [1.29, 1.82) is 0 Å². The second-order valence-corrected chi connectivity index (χ2v) is 4.00. The van der Waals surface area contributed by atoms with Crippen LogP contribution in [0.15, 0.2) is 18.2 Å². The molecule has 3 N–H and O–H groups in total. The molecule has 0 aliphatic heterocycles. The molecule has 1 amide bonds. The van der Waals surface area contributed by atoms with Crippen molar-refractivity contribution in [2.45, 2.75) is 18.9 Å². The van der Waals surface area contributed by atoms with Gasteiger partial charge in [0.25, 0.3) is 5.91 Å². The summed E-state index contributed by atoms with van der Waals surface area (Å²) >= 11 is 0. The van der Waals surface area contributed by atoms with E-state index in [1.165, 1.54) is 11.1 Å². The summed E-state index contributed by atoms with van der Waals surface area (Å²) in [6, 6.07) is 6.38. The normalized spacial score (nSPS) is 18.2. The summed E-state index contributed by atoms with van der Waals surface area (Å²) in [6.07, 6.45) is 2.17. The molecule has 1 atom stereocenters. The first-order chi connectivity index (χ1) is 7.70. The lowest BCUT2D eigenvalue weighted by atomic mass is 10.1. The Balaban J connectivity index is 2.12. The Morgan fingerprint density at radius 3 is 3.12 bits per heavy atom. The first kappa shape index (κ1) is 11.0. The number of aryl methyl sites for hydroxylation is 1. The smallest absolute Gasteiger partial charge is 0.255 e. The average molecular weight is 220 g/mol. The number of hydrogen-bond acceptors (Lipinski definition) is 3. The molecule has 0 aromatic heterocycles. The van der Waals surface area contributed by atoms with E-state index in [4.69, 9.17) is 10.5 Å². The lowest BCUT2D eigenvalue weighted by molar-refractivity contribution is -0.119. The van der Waals surface area contributed by atoms with Crippen molar-refractivity contribution in [3.63, 3.8) is 0 Å². The molecule has 0 spiro atoms. The van der Waals surface area contributed by atoms with Gasteiger partial charge in [-0.15, -0.1) is 0 Å². The number of nitrogens with two attached hydrogens (primary N) is 1. The lowest BCUT2D eigenvalue weighted by Gasteiger charge is -2.10. The van der Waals surface area contributed by atoms with Crippen molar-refractivity contribution >= 4 is 5.91 Å². The zero-order valence-electron chi connectivity index (χ0n) is 9.32. The Labute approximate surface area is 94.8 Å². The van der Waals surface area contributed by atoms with Crippen LogP contribution in [0.3, 0.4) is 0 Å². The van der Waals surface area contributed by atoms with E-state index in [0.29, 0.717) is 11.8 Å². The number of hydrogen-bond donors (Lipinski definition) is 2. The minimum atomic E-state index is -0.450. The van der Waals surface area contributed by atoms with Gasteiger partial charge in [-0.2, -0.15) is 0 Å². The minimum Gasteiger partial charge on any atom is -0.484 e. The third kappa shape index (κ3) is 2.17. The number of rotatable bonds is 4. The summed E-state index contributed by atoms with van der Waals surface area (Å²) in [5.41, 5.74) is 7.64. The third-order valence-corrected chi connectivity index (χ3v) is 2.92. The van der Waals surface area contributed by atoms with Crippen LogP contribution in [0.25, 0.3) is 0 Å². The van der Waals surface area contributed by atoms with Crippen molar-refractivity contribution in [3.8, 4) is 5.75 Å². The molecule has 0 heterocycles. The van der Waals surface area contributed by atoms with E-state index < -0.39 is 5.91 Å². The van der Waals surface area contributed by atoms with Crippen molar-refractivity contribution in [2.24, 2.45) is 5.73 Å². The number of carbonyl (C=O) groups excluding carboxylic acids is 1. The molecule has 0 fully saturated rings. The molecule has 4 heteroatoms. The van der Waals surface area contributed by atoms with Crippen LogP contribution in [0.5, 0.6) is 5.75 Å². The molecular weight excluding hydrogens is 204 g/mol. The topological polar surface area (TPSA) is 64.3 Å². The van der Waals surface area contributed by atoms with Crippen molar-refractivity contribution in [3.05, 3.63) is 29.3 Å². The van der Waals surface area contributed by atoms with Gasteiger partial charge in [0.2, 0.25) is 0 Å². The Bertz CT molecular complexity index is 404. The molecule has 0 saturated heterocycles. The predicted octanol–water partition coefficient (Wildman–Crippen LogP) is 0.757. The highest BCUT2D eigenvalue weighted by Gasteiger charge is 2.20. The maximum Gasteiger partial charge on any atom is 0.255 e. The molecule has 1 aliphatic carbocycles. The van der Waals surface area contributed by atoms with Gasteiger partial charge in [0, 0.05) is 6.04 Å². The van der Waals surface area contributed by atoms with Crippen molar-refractivity contribution in [1.82, 2.24) is 5.32 Å². The van der Waals surface area contributed by atoms with Crippen LogP contribution in [-0.2, 0) is 11.2 Å². The van der Waals surface area contributed by atoms with E-state index in [9.17, 15) is 4.79 Å². The summed E-state index contributed by atoms with van der Waals surface area (Å²) in [6.45, 7) is -0.0613. The van der Waals surface area contributed by atoms with Crippen LogP contribution in [0, 0.1) is 0 Å². The van der Waals surface area contributed by atoms with Crippen LogP contribution >= 0.6 is 0 Å². The molecule has 1 unspecified atom stereocenters. The Hall–Kier alpha value is -1.55. The molecule has 0 radical (unpaired) electrons. The molecule has 86 valence electrons. The highest BCUT2D eigenvalue weighted by Crippen LogP contribution is 2.33. The van der Waals surface area contributed by atoms with Crippen LogP contribution in [0.4, 0.5) is 0 Å². The van der Waals surface area contributed by atoms with Gasteiger partial charge in [0.15, 0.2) is 6.61 Å². The number of benzene rings is 1. The monoisotopic (exact) mass is 220 g/mol. The Morgan fingerprint density at radius 2 is 2.44 bits per heavy atom. The van der Waals surface area contributed by atoms with Gasteiger partial charge in [-0.05, 0) is 43.1 Å². The van der Waals surface area contributed by atoms with Crippen LogP contribution in [0.1, 0.15) is 23.6 Å². The molecule has 4 nitrogen and oxygen atoms in total. The van der Waals surface area contributed by atoms with Crippen molar-refractivity contribution in [2.75, 3.05) is 13.7 Å². The van der Waals surface area contributed by atoms with E-state index in [1.807, 2.05) is 19.2 Å². The zero-order valence-corrected chi connectivity index (χ0v) is 9.32. The molecule has 1 aromatic rings. The van der Waals surface area contributed by atoms with Gasteiger partial charge in [-0.1, -0.05) is 6.07 Å². The first-order valence-corrected chi connectivity index (χ1v) is 5.42. The zero-order chi connectivity index (χ0) is 11.5. The fraction of sp³-hybridized carbons (Fsp3) is 0.417. The number of nitrogens with one attached hydrogen (secondary N) is 1. The minimum absolute atomic E-state index is 0.0613. The summed E-state index contributed by atoms with van der Waals surface area (Å²) in [7, 11) is 1.97. The van der Waals surface area contributed by atoms with E-state index >= 15 is 0 Å². The molecular formula is C12H16N2O2. The molecule has 16 heavy (non-hydrogen) atoms. The number of amides is 1. The predicted molar refractivity (Wildman–Crippen MR) is 61.3 cm³/mol. The maximum atomic E-state index is 10.6. The Morgan fingerprint density at radius 1 is 1.62 bits per heavy atom. The standard InChI is InChI=1S/C12H16N2O2/c1-14-11-5-2-8-6-9(3-4-10(8)11)16-7-12(13)15/h3-4,6,11,14H,2,5,7H2,1H3,(H2,13,15). The van der Waals surface area contributed by atoms with Crippen LogP contribution < -0.4 is 15.8 Å². The second-order valence-electron chi connectivity index (χ2n) is 4.00.